The van der Waals surface area contributed by atoms with Crippen molar-refractivity contribution in [1.82, 2.24) is 15.1 Å². The average molecular weight is 415 g/mol. The normalized spacial score (nSPS) is 15.2. The second-order valence-electron chi connectivity index (χ2n) is 7.99. The van der Waals surface area contributed by atoms with Crippen molar-refractivity contribution in [2.75, 3.05) is 39.3 Å². The second-order valence-corrected chi connectivity index (χ2v) is 7.99. The Balaban J connectivity index is 1.73. The molecule has 1 heterocycles. The molecule has 2 rings (SSSR count). The van der Waals surface area contributed by atoms with E-state index in [1.54, 1.807) is 0 Å². The number of alkyl halides is 3. The van der Waals surface area contributed by atoms with Gasteiger partial charge in [-0.25, -0.2) is 4.79 Å². The van der Waals surface area contributed by atoms with Crippen LogP contribution in [0.25, 0.3) is 0 Å². The van der Waals surface area contributed by atoms with E-state index in [1.807, 2.05) is 24.3 Å². The Morgan fingerprint density at radius 2 is 1.62 bits per heavy atom. The largest absolute Gasteiger partial charge is 0.491 e. The van der Waals surface area contributed by atoms with Gasteiger partial charge in [-0.05, 0) is 17.0 Å². The zero-order valence-electron chi connectivity index (χ0n) is 17.0. The standard InChI is InChI=1S/C20H28F3N3O3/c1-19(2,3)15-6-4-5-7-16(15)29-13-8-24-18(28)26-11-9-25(10-12-26)17(27)14-20(21,22)23/h4-7H,8-14H2,1-3H3,(H,24,28). The molecule has 6 nitrogen and oxygen atoms in total. The Morgan fingerprint density at radius 3 is 2.21 bits per heavy atom. The second kappa shape index (κ2) is 9.37. The predicted octanol–water partition coefficient (Wildman–Crippen LogP) is 3.17. The van der Waals surface area contributed by atoms with Crippen LogP contribution in [0, 0.1) is 0 Å². The van der Waals surface area contributed by atoms with Gasteiger partial charge in [0.15, 0.2) is 0 Å². The molecule has 0 aliphatic carbocycles. The van der Waals surface area contributed by atoms with Crippen molar-refractivity contribution in [3.8, 4) is 5.75 Å². The van der Waals surface area contributed by atoms with Gasteiger partial charge in [0.2, 0.25) is 5.91 Å². The number of urea groups is 1. The molecule has 29 heavy (non-hydrogen) atoms. The summed E-state index contributed by atoms with van der Waals surface area (Å²) >= 11 is 0. The molecule has 1 saturated heterocycles. The molecular formula is C20H28F3N3O3. The maximum atomic E-state index is 12.3. The third-order valence-electron chi connectivity index (χ3n) is 4.60. The molecule has 0 unspecified atom stereocenters. The molecule has 0 spiro atoms. The minimum Gasteiger partial charge on any atom is -0.491 e. The van der Waals surface area contributed by atoms with Crippen molar-refractivity contribution in [1.29, 1.82) is 0 Å². The highest BCUT2D eigenvalue weighted by atomic mass is 19.4. The van der Waals surface area contributed by atoms with Gasteiger partial charge in [0.05, 0.1) is 6.54 Å². The summed E-state index contributed by atoms with van der Waals surface area (Å²) in [4.78, 5) is 26.5. The maximum Gasteiger partial charge on any atom is 0.397 e. The van der Waals surface area contributed by atoms with Crippen LogP contribution in [0.5, 0.6) is 5.75 Å². The van der Waals surface area contributed by atoms with Crippen LogP contribution in [0.4, 0.5) is 18.0 Å². The summed E-state index contributed by atoms with van der Waals surface area (Å²) in [7, 11) is 0. The average Bonchev–Trinajstić information content (AvgIpc) is 2.63. The van der Waals surface area contributed by atoms with E-state index in [0.29, 0.717) is 13.2 Å². The van der Waals surface area contributed by atoms with Crippen LogP contribution in [0.3, 0.4) is 0 Å². The van der Waals surface area contributed by atoms with Gasteiger partial charge < -0.3 is 19.9 Å². The smallest absolute Gasteiger partial charge is 0.397 e. The van der Waals surface area contributed by atoms with E-state index in [9.17, 15) is 22.8 Å². The number of carbonyl (C=O) groups is 2. The lowest BCUT2D eigenvalue weighted by molar-refractivity contribution is -0.162. The van der Waals surface area contributed by atoms with Crippen LogP contribution in [0.15, 0.2) is 24.3 Å². The molecule has 0 radical (unpaired) electrons. The SMILES string of the molecule is CC(C)(C)c1ccccc1OCCNC(=O)N1CCN(C(=O)CC(F)(F)F)CC1. The molecular weight excluding hydrogens is 387 g/mol. The number of para-hydroxylation sites is 1. The molecule has 162 valence electrons. The molecule has 1 fully saturated rings. The monoisotopic (exact) mass is 415 g/mol. The summed E-state index contributed by atoms with van der Waals surface area (Å²) < 4.78 is 42.8. The number of ether oxygens (including phenoxy) is 1. The fourth-order valence-corrected chi connectivity index (χ4v) is 3.09. The van der Waals surface area contributed by atoms with Gasteiger partial charge in [0.1, 0.15) is 18.8 Å². The third kappa shape index (κ3) is 7.14. The summed E-state index contributed by atoms with van der Waals surface area (Å²) in [6.07, 6.45) is -5.98. The molecule has 1 N–H and O–H groups in total. The van der Waals surface area contributed by atoms with Gasteiger partial charge in [-0.1, -0.05) is 39.0 Å². The van der Waals surface area contributed by atoms with Gasteiger partial charge in [-0.2, -0.15) is 13.2 Å². The minimum absolute atomic E-state index is 0.0664. The number of hydrogen-bond acceptors (Lipinski definition) is 3. The van der Waals surface area contributed by atoms with Crippen molar-refractivity contribution in [3.63, 3.8) is 0 Å². The van der Waals surface area contributed by atoms with Gasteiger partial charge in [0.25, 0.3) is 0 Å². The Hall–Kier alpha value is -2.45. The van der Waals surface area contributed by atoms with E-state index in [1.165, 1.54) is 4.90 Å². The lowest BCUT2D eigenvalue weighted by Gasteiger charge is -2.34. The zero-order valence-corrected chi connectivity index (χ0v) is 17.0. The highest BCUT2D eigenvalue weighted by Gasteiger charge is 2.34. The minimum atomic E-state index is -4.52. The van der Waals surface area contributed by atoms with E-state index >= 15 is 0 Å². The molecule has 9 heteroatoms. The number of nitrogens with one attached hydrogen (secondary N) is 1. The lowest BCUT2D eigenvalue weighted by atomic mass is 9.86. The Morgan fingerprint density at radius 1 is 1.03 bits per heavy atom. The molecule has 0 saturated carbocycles. The van der Waals surface area contributed by atoms with Crippen LogP contribution in [0.2, 0.25) is 0 Å². The van der Waals surface area contributed by atoms with Crippen LogP contribution in [-0.4, -0.2) is 67.2 Å². The first kappa shape index (κ1) is 22.8. The first-order valence-corrected chi connectivity index (χ1v) is 9.57. The van der Waals surface area contributed by atoms with Crippen LogP contribution >= 0.6 is 0 Å². The van der Waals surface area contributed by atoms with Gasteiger partial charge in [-0.15, -0.1) is 0 Å². The number of carbonyl (C=O) groups excluding carboxylic acids is 2. The van der Waals surface area contributed by atoms with Gasteiger partial charge in [-0.3, -0.25) is 4.79 Å². The fourth-order valence-electron chi connectivity index (χ4n) is 3.09. The fraction of sp³-hybridized carbons (Fsp3) is 0.600. The quantitative estimate of drug-likeness (QED) is 0.752. The van der Waals surface area contributed by atoms with Crippen molar-refractivity contribution >= 4 is 11.9 Å². The Kier molecular flexibility index (Phi) is 7.37. The number of piperazine rings is 1. The molecule has 1 aliphatic heterocycles. The molecule has 3 amide bonds. The molecule has 0 aromatic heterocycles. The predicted molar refractivity (Wildman–Crippen MR) is 103 cm³/mol. The van der Waals surface area contributed by atoms with Crippen molar-refractivity contribution < 1.29 is 27.5 Å². The van der Waals surface area contributed by atoms with Crippen LogP contribution in [0.1, 0.15) is 32.8 Å². The number of benzene rings is 1. The summed E-state index contributed by atoms with van der Waals surface area (Å²) in [6.45, 7) is 7.46. The number of rotatable bonds is 5. The number of halogens is 3. The van der Waals surface area contributed by atoms with Crippen molar-refractivity contribution in [2.24, 2.45) is 0 Å². The lowest BCUT2D eigenvalue weighted by Crippen LogP contribution is -2.53. The first-order chi connectivity index (χ1) is 13.5. The Labute approximate surface area is 169 Å². The molecule has 1 aromatic rings. The van der Waals surface area contributed by atoms with Crippen molar-refractivity contribution in [2.45, 2.75) is 38.8 Å². The first-order valence-electron chi connectivity index (χ1n) is 9.57. The van der Waals surface area contributed by atoms with E-state index in [4.69, 9.17) is 4.74 Å². The van der Waals surface area contributed by atoms with E-state index in [-0.39, 0.29) is 37.6 Å². The highest BCUT2D eigenvalue weighted by molar-refractivity contribution is 5.78. The number of hydrogen-bond donors (Lipinski definition) is 1. The molecule has 0 atom stereocenters. The van der Waals surface area contributed by atoms with E-state index in [2.05, 4.69) is 26.1 Å². The number of amides is 3. The zero-order chi connectivity index (χ0) is 21.7. The summed E-state index contributed by atoms with van der Waals surface area (Å²) in [5.41, 5.74) is 1.01. The van der Waals surface area contributed by atoms with Crippen molar-refractivity contribution in [3.05, 3.63) is 29.8 Å². The molecule has 0 bridgehead atoms. The highest BCUT2D eigenvalue weighted by Crippen LogP contribution is 2.30. The topological polar surface area (TPSA) is 61.9 Å². The molecule has 1 aliphatic rings. The van der Waals surface area contributed by atoms with Gasteiger partial charge in [0, 0.05) is 26.2 Å². The maximum absolute atomic E-state index is 12.3. The van der Waals surface area contributed by atoms with Gasteiger partial charge >= 0.3 is 12.2 Å². The number of nitrogens with zero attached hydrogens (tertiary/aromatic N) is 2. The van der Waals surface area contributed by atoms with E-state index < -0.39 is 18.5 Å². The van der Waals surface area contributed by atoms with Crippen LogP contribution in [-0.2, 0) is 10.2 Å². The van der Waals surface area contributed by atoms with E-state index in [0.717, 1.165) is 16.2 Å². The summed E-state index contributed by atoms with van der Waals surface area (Å²) in [6, 6.07) is 7.42. The summed E-state index contributed by atoms with van der Waals surface area (Å²) in [5.74, 6) is -0.186. The third-order valence-corrected chi connectivity index (χ3v) is 4.60. The van der Waals surface area contributed by atoms with Crippen LogP contribution < -0.4 is 10.1 Å². The summed E-state index contributed by atoms with van der Waals surface area (Å²) in [5, 5.41) is 2.74. The molecule has 1 aromatic carbocycles. The Bertz CT molecular complexity index is 709.